The molecule has 27 heavy (non-hydrogen) atoms. The van der Waals surface area contributed by atoms with Crippen LogP contribution in [-0.4, -0.2) is 32.8 Å². The molecule has 6 nitrogen and oxygen atoms in total. The molecule has 0 radical (unpaired) electrons. The van der Waals surface area contributed by atoms with E-state index in [0.717, 1.165) is 11.1 Å². The number of carbonyl (C=O) groups is 1. The summed E-state index contributed by atoms with van der Waals surface area (Å²) in [6.07, 6.45) is 0.0663. The van der Waals surface area contributed by atoms with E-state index in [4.69, 9.17) is 5.26 Å². The lowest BCUT2D eigenvalue weighted by molar-refractivity contribution is -0.130. The maximum Gasteiger partial charge on any atom is 0.240 e. The Balaban J connectivity index is 1.90. The SMILES string of the molecule is Cc1ccc(C)c(S(=O)(=O)NCCC(=O)N(C)Cc2ccc(C#N)cc2)c1. The molecule has 0 heterocycles. The first kappa shape index (κ1) is 20.6. The summed E-state index contributed by atoms with van der Waals surface area (Å²) in [6, 6.07) is 14.3. The molecule has 0 unspecified atom stereocenters. The lowest BCUT2D eigenvalue weighted by Gasteiger charge is -2.17. The molecular formula is C20H23N3O3S. The van der Waals surface area contributed by atoms with Gasteiger partial charge in [0.2, 0.25) is 15.9 Å². The molecular weight excluding hydrogens is 362 g/mol. The molecule has 0 saturated heterocycles. The average molecular weight is 385 g/mol. The Bertz CT molecular complexity index is 961. The third kappa shape index (κ3) is 5.64. The van der Waals surface area contributed by atoms with Gasteiger partial charge in [-0.1, -0.05) is 24.3 Å². The van der Waals surface area contributed by atoms with Gasteiger partial charge in [-0.2, -0.15) is 5.26 Å². The number of nitriles is 1. The Labute approximate surface area is 160 Å². The summed E-state index contributed by atoms with van der Waals surface area (Å²) in [5.74, 6) is -0.164. The van der Waals surface area contributed by atoms with Crippen LogP contribution in [0, 0.1) is 25.2 Å². The van der Waals surface area contributed by atoms with Gasteiger partial charge in [0.15, 0.2) is 0 Å². The Hall–Kier alpha value is -2.69. The zero-order valence-electron chi connectivity index (χ0n) is 15.7. The second kappa shape index (κ2) is 8.80. The second-order valence-corrected chi connectivity index (χ2v) is 8.21. The predicted molar refractivity (Wildman–Crippen MR) is 103 cm³/mol. The zero-order chi connectivity index (χ0) is 20.0. The van der Waals surface area contributed by atoms with Crippen LogP contribution in [0.25, 0.3) is 0 Å². The fourth-order valence-electron chi connectivity index (χ4n) is 2.60. The van der Waals surface area contributed by atoms with Crippen LogP contribution in [0.3, 0.4) is 0 Å². The highest BCUT2D eigenvalue weighted by Gasteiger charge is 2.18. The van der Waals surface area contributed by atoms with Crippen molar-refractivity contribution in [3.63, 3.8) is 0 Å². The van der Waals surface area contributed by atoms with Crippen LogP contribution in [0.1, 0.15) is 28.7 Å². The number of amides is 1. The molecule has 2 aromatic carbocycles. The summed E-state index contributed by atoms with van der Waals surface area (Å²) in [5.41, 5.74) is 2.99. The minimum absolute atomic E-state index is 0.0340. The summed E-state index contributed by atoms with van der Waals surface area (Å²) >= 11 is 0. The standard InChI is InChI=1S/C20H23N3O3S/c1-15-4-5-16(2)19(12-15)27(25,26)22-11-10-20(24)23(3)14-18-8-6-17(13-21)7-9-18/h4-9,12,22H,10-11,14H2,1-3H3. The topological polar surface area (TPSA) is 90.3 Å². The van der Waals surface area contributed by atoms with Crippen molar-refractivity contribution in [2.45, 2.75) is 31.7 Å². The van der Waals surface area contributed by atoms with Crippen molar-refractivity contribution in [1.29, 1.82) is 5.26 Å². The highest BCUT2D eigenvalue weighted by atomic mass is 32.2. The Morgan fingerprint density at radius 3 is 2.44 bits per heavy atom. The number of hydrogen-bond acceptors (Lipinski definition) is 4. The van der Waals surface area contributed by atoms with Gasteiger partial charge in [-0.05, 0) is 48.7 Å². The molecule has 2 rings (SSSR count). The number of nitrogens with one attached hydrogen (secondary N) is 1. The molecule has 2 aromatic rings. The molecule has 0 atom stereocenters. The summed E-state index contributed by atoms with van der Waals surface area (Å²) in [5, 5.41) is 8.81. The minimum atomic E-state index is -3.65. The van der Waals surface area contributed by atoms with Crippen molar-refractivity contribution in [1.82, 2.24) is 9.62 Å². The second-order valence-electron chi connectivity index (χ2n) is 6.48. The fraction of sp³-hybridized carbons (Fsp3) is 0.300. The molecule has 0 fully saturated rings. The van der Waals surface area contributed by atoms with E-state index in [-0.39, 0.29) is 23.8 Å². The van der Waals surface area contributed by atoms with Gasteiger partial charge in [0.1, 0.15) is 0 Å². The molecule has 142 valence electrons. The van der Waals surface area contributed by atoms with Crippen LogP contribution in [0.5, 0.6) is 0 Å². The van der Waals surface area contributed by atoms with Crippen LogP contribution >= 0.6 is 0 Å². The first-order valence-electron chi connectivity index (χ1n) is 8.53. The van der Waals surface area contributed by atoms with E-state index < -0.39 is 10.0 Å². The molecule has 0 spiro atoms. The highest BCUT2D eigenvalue weighted by molar-refractivity contribution is 7.89. The Kier molecular flexibility index (Phi) is 6.72. The third-order valence-corrected chi connectivity index (χ3v) is 5.80. The van der Waals surface area contributed by atoms with Crippen LogP contribution in [0.15, 0.2) is 47.4 Å². The molecule has 0 saturated carbocycles. The van der Waals surface area contributed by atoms with Crippen molar-refractivity contribution in [2.75, 3.05) is 13.6 Å². The van der Waals surface area contributed by atoms with Gasteiger partial charge < -0.3 is 4.90 Å². The van der Waals surface area contributed by atoms with Crippen molar-refractivity contribution in [2.24, 2.45) is 0 Å². The number of hydrogen-bond donors (Lipinski definition) is 1. The number of aryl methyl sites for hydroxylation is 2. The van der Waals surface area contributed by atoms with Gasteiger partial charge in [0.05, 0.1) is 16.5 Å². The smallest absolute Gasteiger partial charge is 0.240 e. The largest absolute Gasteiger partial charge is 0.341 e. The summed E-state index contributed by atoms with van der Waals surface area (Å²) in [7, 11) is -1.99. The maximum absolute atomic E-state index is 12.4. The summed E-state index contributed by atoms with van der Waals surface area (Å²) < 4.78 is 27.4. The van der Waals surface area contributed by atoms with Crippen LogP contribution in [-0.2, 0) is 21.4 Å². The van der Waals surface area contributed by atoms with Crippen molar-refractivity contribution in [3.05, 3.63) is 64.7 Å². The van der Waals surface area contributed by atoms with Gasteiger partial charge in [-0.25, -0.2) is 13.1 Å². The number of rotatable bonds is 7. The van der Waals surface area contributed by atoms with Crippen LogP contribution in [0.2, 0.25) is 0 Å². The van der Waals surface area contributed by atoms with E-state index in [1.807, 2.05) is 19.1 Å². The van der Waals surface area contributed by atoms with E-state index in [1.165, 1.54) is 4.90 Å². The third-order valence-electron chi connectivity index (χ3n) is 4.19. The number of sulfonamides is 1. The van der Waals surface area contributed by atoms with E-state index in [2.05, 4.69) is 4.72 Å². The van der Waals surface area contributed by atoms with Gasteiger partial charge >= 0.3 is 0 Å². The molecule has 7 heteroatoms. The van der Waals surface area contributed by atoms with E-state index in [1.54, 1.807) is 50.4 Å². The number of benzene rings is 2. The molecule has 0 aliphatic heterocycles. The monoisotopic (exact) mass is 385 g/mol. The number of carbonyl (C=O) groups excluding carboxylic acids is 1. The van der Waals surface area contributed by atoms with Gasteiger partial charge in [0, 0.05) is 26.6 Å². The average Bonchev–Trinajstić information content (AvgIpc) is 2.64. The first-order valence-corrected chi connectivity index (χ1v) is 10.0. The van der Waals surface area contributed by atoms with E-state index in [9.17, 15) is 13.2 Å². The summed E-state index contributed by atoms with van der Waals surface area (Å²) in [6.45, 7) is 4.01. The molecule has 0 aliphatic rings. The van der Waals surface area contributed by atoms with Gasteiger partial charge in [0.25, 0.3) is 0 Å². The normalized spacial score (nSPS) is 11.0. The molecule has 0 aliphatic carbocycles. The maximum atomic E-state index is 12.4. The Morgan fingerprint density at radius 1 is 1.15 bits per heavy atom. The fourth-order valence-corrected chi connectivity index (χ4v) is 3.96. The molecule has 0 aromatic heterocycles. The highest BCUT2D eigenvalue weighted by Crippen LogP contribution is 2.16. The summed E-state index contributed by atoms with van der Waals surface area (Å²) in [4.78, 5) is 14.0. The molecule has 1 N–H and O–H groups in total. The lowest BCUT2D eigenvalue weighted by atomic mass is 10.1. The van der Waals surface area contributed by atoms with Gasteiger partial charge in [-0.3, -0.25) is 4.79 Å². The van der Waals surface area contributed by atoms with Crippen molar-refractivity contribution < 1.29 is 13.2 Å². The zero-order valence-corrected chi connectivity index (χ0v) is 16.5. The van der Waals surface area contributed by atoms with Gasteiger partial charge in [-0.15, -0.1) is 0 Å². The first-order chi connectivity index (χ1) is 12.7. The molecule has 1 amide bonds. The quantitative estimate of drug-likeness (QED) is 0.793. The Morgan fingerprint density at radius 2 is 1.81 bits per heavy atom. The van der Waals surface area contributed by atoms with Crippen LogP contribution in [0.4, 0.5) is 0 Å². The van der Waals surface area contributed by atoms with E-state index in [0.29, 0.717) is 17.7 Å². The van der Waals surface area contributed by atoms with Crippen molar-refractivity contribution in [3.8, 4) is 6.07 Å². The lowest BCUT2D eigenvalue weighted by Crippen LogP contribution is -2.32. The van der Waals surface area contributed by atoms with Crippen molar-refractivity contribution >= 4 is 15.9 Å². The number of nitrogens with zero attached hydrogens (tertiary/aromatic N) is 2. The van der Waals surface area contributed by atoms with E-state index >= 15 is 0 Å². The van der Waals surface area contributed by atoms with Crippen LogP contribution < -0.4 is 4.72 Å². The molecule has 0 bridgehead atoms. The minimum Gasteiger partial charge on any atom is -0.341 e. The predicted octanol–water partition coefficient (Wildman–Crippen LogP) is 2.50.